The summed E-state index contributed by atoms with van der Waals surface area (Å²) < 4.78 is 2.37. The average molecular weight is 317 g/mol. The van der Waals surface area contributed by atoms with E-state index in [2.05, 4.69) is 16.5 Å². The average Bonchev–Trinajstić information content (AvgIpc) is 3.17. The minimum atomic E-state index is -0.0339. The standard InChI is InChI=1S/C18H11N3OS/c1-10-15(11-6-2-3-7-12(11)19-10)16-17(22)21-14-9-5-4-8-13(14)20-18(21)23-16/h2-9,19H,1H2. The predicted octanol–water partition coefficient (Wildman–Crippen LogP) is 2.81. The molecule has 0 aliphatic carbocycles. The summed E-state index contributed by atoms with van der Waals surface area (Å²) in [6, 6.07) is 15.6. The van der Waals surface area contributed by atoms with Gasteiger partial charge in [0, 0.05) is 21.5 Å². The minimum absolute atomic E-state index is 0.0339. The molecule has 0 saturated heterocycles. The molecule has 0 aliphatic rings. The maximum Gasteiger partial charge on any atom is 0.275 e. The molecule has 0 saturated carbocycles. The Labute approximate surface area is 133 Å². The van der Waals surface area contributed by atoms with Gasteiger partial charge in [-0.1, -0.05) is 48.2 Å². The highest BCUT2D eigenvalue weighted by molar-refractivity contribution is 7.15. The van der Waals surface area contributed by atoms with E-state index in [0.29, 0.717) is 4.53 Å². The number of aromatic nitrogens is 3. The zero-order chi connectivity index (χ0) is 15.6. The van der Waals surface area contributed by atoms with Gasteiger partial charge in [0.1, 0.15) is 4.53 Å². The monoisotopic (exact) mass is 317 g/mol. The molecule has 0 atom stereocenters. The van der Waals surface area contributed by atoms with Crippen LogP contribution in [0.3, 0.4) is 0 Å². The van der Waals surface area contributed by atoms with Gasteiger partial charge in [-0.15, -0.1) is 0 Å². The zero-order valence-electron chi connectivity index (χ0n) is 12.0. The lowest BCUT2D eigenvalue weighted by Crippen LogP contribution is -2.09. The van der Waals surface area contributed by atoms with E-state index in [1.165, 1.54) is 11.3 Å². The number of nitrogens with zero attached hydrogens (tertiary/aromatic N) is 2. The van der Waals surface area contributed by atoms with Gasteiger partial charge in [0.25, 0.3) is 5.56 Å². The highest BCUT2D eigenvalue weighted by Crippen LogP contribution is 2.19. The third-order valence-electron chi connectivity index (χ3n) is 4.13. The molecule has 5 rings (SSSR count). The second kappa shape index (κ2) is 4.30. The van der Waals surface area contributed by atoms with Crippen LogP contribution in [0.2, 0.25) is 0 Å². The van der Waals surface area contributed by atoms with E-state index in [-0.39, 0.29) is 5.56 Å². The number of para-hydroxylation sites is 3. The third-order valence-corrected chi connectivity index (χ3v) is 5.17. The van der Waals surface area contributed by atoms with Crippen LogP contribution in [0.15, 0.2) is 53.3 Å². The summed E-state index contributed by atoms with van der Waals surface area (Å²) in [5.41, 5.74) is 2.65. The number of hydrogen-bond acceptors (Lipinski definition) is 3. The van der Waals surface area contributed by atoms with Crippen LogP contribution in [-0.2, 0) is 0 Å². The lowest BCUT2D eigenvalue weighted by atomic mass is 10.2. The van der Waals surface area contributed by atoms with Crippen molar-refractivity contribution in [3.05, 3.63) is 74.0 Å². The Balaban J connectivity index is 2.13. The number of aromatic amines is 1. The topological polar surface area (TPSA) is 50.2 Å². The molecule has 110 valence electrons. The number of rotatable bonds is 0. The van der Waals surface area contributed by atoms with E-state index in [1.807, 2.05) is 48.5 Å². The van der Waals surface area contributed by atoms with Crippen LogP contribution >= 0.6 is 11.3 Å². The molecule has 0 fully saturated rings. The van der Waals surface area contributed by atoms with Crippen LogP contribution < -0.4 is 10.9 Å². The number of nitrogens with one attached hydrogen (secondary N) is 1. The number of imidazole rings is 1. The van der Waals surface area contributed by atoms with Gasteiger partial charge in [-0.2, -0.15) is 0 Å². The van der Waals surface area contributed by atoms with E-state index in [1.54, 1.807) is 4.40 Å². The van der Waals surface area contributed by atoms with Crippen LogP contribution in [0.4, 0.5) is 0 Å². The Kier molecular flexibility index (Phi) is 2.36. The van der Waals surface area contributed by atoms with Gasteiger partial charge < -0.3 is 4.98 Å². The largest absolute Gasteiger partial charge is 0.355 e. The molecule has 2 aromatic carbocycles. The minimum Gasteiger partial charge on any atom is -0.355 e. The maximum absolute atomic E-state index is 13.0. The van der Waals surface area contributed by atoms with Gasteiger partial charge >= 0.3 is 0 Å². The highest BCUT2D eigenvalue weighted by Gasteiger charge is 2.12. The van der Waals surface area contributed by atoms with Crippen LogP contribution in [0.5, 0.6) is 0 Å². The van der Waals surface area contributed by atoms with Crippen molar-refractivity contribution in [2.75, 3.05) is 0 Å². The summed E-state index contributed by atoms with van der Waals surface area (Å²) >= 11 is 1.42. The van der Waals surface area contributed by atoms with Crippen molar-refractivity contribution in [2.45, 2.75) is 0 Å². The highest BCUT2D eigenvalue weighted by atomic mass is 32.1. The van der Waals surface area contributed by atoms with Crippen molar-refractivity contribution >= 4 is 44.8 Å². The molecule has 0 radical (unpaired) electrons. The first-order valence-corrected chi connectivity index (χ1v) is 8.06. The number of fused-ring (bicyclic) bond motifs is 4. The summed E-state index contributed by atoms with van der Waals surface area (Å²) in [4.78, 5) is 21.5. The van der Waals surface area contributed by atoms with Gasteiger partial charge in [-0.25, -0.2) is 9.38 Å². The third kappa shape index (κ3) is 1.59. The quantitative estimate of drug-likeness (QED) is 0.477. The van der Waals surface area contributed by atoms with Crippen molar-refractivity contribution < 1.29 is 0 Å². The second-order valence-electron chi connectivity index (χ2n) is 5.48. The van der Waals surface area contributed by atoms with Crippen LogP contribution in [0.25, 0.3) is 33.5 Å². The predicted molar refractivity (Wildman–Crippen MR) is 93.6 cm³/mol. The Hall–Kier alpha value is -2.92. The Morgan fingerprint density at radius 2 is 1.87 bits per heavy atom. The number of hydrogen-bond donors (Lipinski definition) is 1. The van der Waals surface area contributed by atoms with Gasteiger partial charge in [0.2, 0.25) is 0 Å². The molecule has 5 aromatic rings. The summed E-state index contributed by atoms with van der Waals surface area (Å²) in [7, 11) is 0. The summed E-state index contributed by atoms with van der Waals surface area (Å²) in [5.74, 6) is 0. The lowest BCUT2D eigenvalue weighted by molar-refractivity contribution is 1.18. The molecule has 4 nitrogen and oxygen atoms in total. The zero-order valence-corrected chi connectivity index (χ0v) is 12.9. The van der Waals surface area contributed by atoms with Crippen molar-refractivity contribution in [3.8, 4) is 0 Å². The molecule has 3 heterocycles. The molecule has 0 bridgehead atoms. The molecule has 5 heteroatoms. The fourth-order valence-electron chi connectivity index (χ4n) is 3.12. The summed E-state index contributed by atoms with van der Waals surface area (Å²) in [5, 5.41) is 2.66. The Morgan fingerprint density at radius 3 is 2.78 bits per heavy atom. The van der Waals surface area contributed by atoms with Crippen molar-refractivity contribution in [1.82, 2.24) is 14.4 Å². The smallest absolute Gasteiger partial charge is 0.275 e. The van der Waals surface area contributed by atoms with Crippen LogP contribution in [0.1, 0.15) is 0 Å². The first-order chi connectivity index (χ1) is 11.2. The Morgan fingerprint density at radius 1 is 1.09 bits per heavy atom. The second-order valence-corrected chi connectivity index (χ2v) is 6.46. The van der Waals surface area contributed by atoms with E-state index in [9.17, 15) is 4.79 Å². The van der Waals surface area contributed by atoms with E-state index < -0.39 is 0 Å². The molecular weight excluding hydrogens is 306 g/mol. The summed E-state index contributed by atoms with van der Waals surface area (Å²) in [6.45, 7) is 4.07. The Bertz CT molecular complexity index is 1410. The fourth-order valence-corrected chi connectivity index (χ4v) is 4.23. The van der Waals surface area contributed by atoms with E-state index in [0.717, 1.165) is 37.5 Å². The van der Waals surface area contributed by atoms with Gasteiger partial charge in [0.05, 0.1) is 11.0 Å². The molecule has 0 unspecified atom stereocenters. The molecular formula is C18H11N3OS. The first kappa shape index (κ1) is 12.6. The molecule has 1 N–H and O–H groups in total. The molecule has 0 amide bonds. The molecule has 0 aliphatic heterocycles. The van der Waals surface area contributed by atoms with Gasteiger partial charge in [-0.3, -0.25) is 4.79 Å². The van der Waals surface area contributed by atoms with Crippen molar-refractivity contribution in [2.24, 2.45) is 0 Å². The number of H-pyrrole nitrogens is 1. The number of thiazole rings is 1. The maximum atomic E-state index is 13.0. The van der Waals surface area contributed by atoms with Gasteiger partial charge in [0.15, 0.2) is 4.96 Å². The lowest BCUT2D eigenvalue weighted by Gasteiger charge is -1.87. The fraction of sp³-hybridized carbons (Fsp3) is 0. The first-order valence-electron chi connectivity index (χ1n) is 7.24. The molecule has 3 aromatic heterocycles. The molecule has 23 heavy (non-hydrogen) atoms. The van der Waals surface area contributed by atoms with Gasteiger partial charge in [-0.05, 0) is 18.2 Å². The molecule has 0 spiro atoms. The SMILES string of the molecule is C=c1[nH]c2ccccc2c1=c1sc2nc3ccccc3n2c1=O. The summed E-state index contributed by atoms with van der Waals surface area (Å²) in [6.07, 6.45) is 0. The number of benzene rings is 2. The van der Waals surface area contributed by atoms with E-state index in [4.69, 9.17) is 0 Å². The van der Waals surface area contributed by atoms with Crippen LogP contribution in [0, 0.1) is 9.75 Å². The van der Waals surface area contributed by atoms with Crippen LogP contribution in [-0.4, -0.2) is 14.4 Å². The van der Waals surface area contributed by atoms with Crippen molar-refractivity contribution in [1.29, 1.82) is 0 Å². The normalized spacial score (nSPS) is 13.4. The van der Waals surface area contributed by atoms with Crippen molar-refractivity contribution in [3.63, 3.8) is 0 Å². The van der Waals surface area contributed by atoms with E-state index >= 15 is 0 Å².